The number of guanidine groups is 1. The number of methoxy groups -OCH3 is 2. The predicted octanol–water partition coefficient (Wildman–Crippen LogP) is 3.17. The Kier molecular flexibility index (Phi) is 8.65. The summed E-state index contributed by atoms with van der Waals surface area (Å²) in [4.78, 5) is 15.8. The molecule has 0 aromatic heterocycles. The zero-order valence-electron chi connectivity index (χ0n) is 16.6. The Bertz CT molecular complexity index is 775. The summed E-state index contributed by atoms with van der Waals surface area (Å²) in [5.74, 6) is 1.65. The van der Waals surface area contributed by atoms with Crippen LogP contribution in [0.1, 0.15) is 18.1 Å². The minimum atomic E-state index is -0.487. The van der Waals surface area contributed by atoms with Gasteiger partial charge in [0.2, 0.25) is 0 Å². The highest BCUT2D eigenvalue weighted by molar-refractivity contribution is 5.84. The summed E-state index contributed by atoms with van der Waals surface area (Å²) in [7, 11) is 3.02. The number of nitrogens with zero attached hydrogens (tertiary/aromatic N) is 1. The zero-order valence-corrected chi connectivity index (χ0v) is 16.6. The number of anilines is 1. The topological polar surface area (TPSA) is 84.0 Å². The summed E-state index contributed by atoms with van der Waals surface area (Å²) in [5.41, 5.74) is 2.88. The number of carbonyl (C=O) groups excluding carboxylic acids is 1. The largest absolute Gasteiger partial charge is 0.496 e. The van der Waals surface area contributed by atoms with Crippen molar-refractivity contribution in [3.05, 3.63) is 59.7 Å². The molecule has 0 aliphatic heterocycles. The van der Waals surface area contributed by atoms with Gasteiger partial charge in [-0.3, -0.25) is 5.32 Å². The fourth-order valence-corrected chi connectivity index (χ4v) is 2.60. The molecule has 0 atom stereocenters. The van der Waals surface area contributed by atoms with Crippen LogP contribution in [0.3, 0.4) is 0 Å². The third-order valence-electron chi connectivity index (χ3n) is 4.03. The van der Waals surface area contributed by atoms with Crippen LogP contribution in [0, 0.1) is 0 Å². The van der Waals surface area contributed by atoms with E-state index >= 15 is 0 Å². The Morgan fingerprint density at radius 1 is 1.04 bits per heavy atom. The van der Waals surface area contributed by atoms with Crippen LogP contribution in [-0.4, -0.2) is 39.4 Å². The predicted molar refractivity (Wildman–Crippen MR) is 112 cm³/mol. The van der Waals surface area contributed by atoms with Crippen molar-refractivity contribution in [3.63, 3.8) is 0 Å². The maximum Gasteiger partial charge on any atom is 0.411 e. The highest BCUT2D eigenvalue weighted by Crippen LogP contribution is 2.17. The van der Waals surface area contributed by atoms with Gasteiger partial charge < -0.3 is 20.1 Å². The molecule has 0 aliphatic rings. The second-order valence-electron chi connectivity index (χ2n) is 6.00. The molecule has 0 unspecified atom stereocenters. The van der Waals surface area contributed by atoms with Gasteiger partial charge in [0.15, 0.2) is 5.96 Å². The van der Waals surface area contributed by atoms with Gasteiger partial charge in [-0.15, -0.1) is 0 Å². The molecular weight excluding hydrogens is 356 g/mol. The van der Waals surface area contributed by atoms with Crippen molar-refractivity contribution in [3.8, 4) is 5.75 Å². The first-order valence-electron chi connectivity index (χ1n) is 9.24. The van der Waals surface area contributed by atoms with Crippen molar-refractivity contribution < 1.29 is 14.3 Å². The van der Waals surface area contributed by atoms with Gasteiger partial charge in [0.1, 0.15) is 5.75 Å². The first-order valence-corrected chi connectivity index (χ1v) is 9.24. The number of hydrogen-bond donors (Lipinski definition) is 3. The lowest BCUT2D eigenvalue weighted by Gasteiger charge is -2.13. The average Bonchev–Trinajstić information content (AvgIpc) is 2.73. The fourth-order valence-electron chi connectivity index (χ4n) is 2.60. The van der Waals surface area contributed by atoms with Crippen LogP contribution < -0.4 is 20.7 Å². The molecular formula is C21H28N4O3. The van der Waals surface area contributed by atoms with Crippen LogP contribution in [-0.2, 0) is 17.7 Å². The van der Waals surface area contributed by atoms with E-state index in [9.17, 15) is 4.79 Å². The molecule has 7 nitrogen and oxygen atoms in total. The molecule has 7 heteroatoms. The van der Waals surface area contributed by atoms with Crippen LogP contribution in [0.15, 0.2) is 53.5 Å². The molecule has 2 aromatic rings. The van der Waals surface area contributed by atoms with E-state index in [0.717, 1.165) is 42.3 Å². The summed E-state index contributed by atoms with van der Waals surface area (Å²) in [6.07, 6.45) is 0.349. The lowest BCUT2D eigenvalue weighted by Crippen LogP contribution is -2.38. The Morgan fingerprint density at radius 3 is 2.46 bits per heavy atom. The molecule has 3 N–H and O–H groups in total. The number of aliphatic imine (C=N–C) groups is 1. The molecule has 0 spiro atoms. The minimum Gasteiger partial charge on any atom is -0.496 e. The van der Waals surface area contributed by atoms with Crippen molar-refractivity contribution >= 4 is 17.7 Å². The molecule has 0 radical (unpaired) electrons. The van der Waals surface area contributed by atoms with Crippen LogP contribution in [0.2, 0.25) is 0 Å². The summed E-state index contributed by atoms with van der Waals surface area (Å²) in [6.45, 7) is 4.09. The SMILES string of the molecule is CCNC(=NCc1ccc(NC(=O)OC)cc1)NCCc1ccccc1OC. The molecule has 0 heterocycles. The van der Waals surface area contributed by atoms with Gasteiger partial charge in [-0.05, 0) is 42.7 Å². The number of benzene rings is 2. The van der Waals surface area contributed by atoms with E-state index in [-0.39, 0.29) is 0 Å². The quantitative estimate of drug-likeness (QED) is 0.481. The van der Waals surface area contributed by atoms with E-state index < -0.39 is 6.09 Å². The molecule has 1 amide bonds. The van der Waals surface area contributed by atoms with E-state index in [1.165, 1.54) is 7.11 Å². The van der Waals surface area contributed by atoms with Gasteiger partial charge in [0.25, 0.3) is 0 Å². The smallest absolute Gasteiger partial charge is 0.411 e. The first kappa shape index (κ1) is 21.1. The standard InChI is InChI=1S/C21H28N4O3/c1-4-22-20(23-14-13-17-7-5-6-8-19(17)27-2)24-15-16-9-11-18(12-10-16)25-21(26)28-3/h5-12H,4,13-15H2,1-3H3,(H,25,26)(H2,22,23,24). The number of carbonyl (C=O) groups is 1. The van der Waals surface area contributed by atoms with Crippen molar-refractivity contribution in [1.29, 1.82) is 0 Å². The van der Waals surface area contributed by atoms with Crippen molar-refractivity contribution in [2.75, 3.05) is 32.6 Å². The number of amides is 1. The minimum absolute atomic E-state index is 0.487. The van der Waals surface area contributed by atoms with E-state index in [2.05, 4.69) is 31.7 Å². The second kappa shape index (κ2) is 11.5. The lowest BCUT2D eigenvalue weighted by atomic mass is 10.1. The number of nitrogens with one attached hydrogen (secondary N) is 3. The van der Waals surface area contributed by atoms with Crippen LogP contribution in [0.5, 0.6) is 5.75 Å². The molecule has 0 fully saturated rings. The number of ether oxygens (including phenoxy) is 2. The van der Waals surface area contributed by atoms with E-state index in [4.69, 9.17) is 4.74 Å². The van der Waals surface area contributed by atoms with Crippen LogP contribution in [0.4, 0.5) is 10.5 Å². The molecule has 0 aliphatic carbocycles. The Balaban J connectivity index is 1.90. The summed E-state index contributed by atoms with van der Waals surface area (Å²) in [6, 6.07) is 15.5. The third-order valence-corrected chi connectivity index (χ3v) is 4.03. The molecule has 0 bridgehead atoms. The summed E-state index contributed by atoms with van der Waals surface area (Å²) >= 11 is 0. The zero-order chi connectivity index (χ0) is 20.2. The summed E-state index contributed by atoms with van der Waals surface area (Å²) < 4.78 is 9.97. The Labute approximate surface area is 166 Å². The normalized spacial score (nSPS) is 10.9. The van der Waals surface area contributed by atoms with Crippen LogP contribution in [0.25, 0.3) is 0 Å². The van der Waals surface area contributed by atoms with Gasteiger partial charge in [-0.2, -0.15) is 0 Å². The number of rotatable bonds is 8. The van der Waals surface area contributed by atoms with Crippen molar-refractivity contribution in [2.45, 2.75) is 19.9 Å². The molecule has 0 saturated heterocycles. The average molecular weight is 384 g/mol. The van der Waals surface area contributed by atoms with Gasteiger partial charge in [0.05, 0.1) is 20.8 Å². The summed E-state index contributed by atoms with van der Waals surface area (Å²) in [5, 5.41) is 9.22. The van der Waals surface area contributed by atoms with Gasteiger partial charge in [-0.1, -0.05) is 30.3 Å². The Hall–Kier alpha value is -3.22. The monoisotopic (exact) mass is 384 g/mol. The molecule has 0 saturated carbocycles. The van der Waals surface area contributed by atoms with Crippen LogP contribution >= 0.6 is 0 Å². The van der Waals surface area contributed by atoms with Gasteiger partial charge in [0, 0.05) is 18.8 Å². The fraction of sp³-hybridized carbons (Fsp3) is 0.333. The molecule has 150 valence electrons. The maximum absolute atomic E-state index is 11.2. The van der Waals surface area contributed by atoms with E-state index in [1.54, 1.807) is 7.11 Å². The maximum atomic E-state index is 11.2. The molecule has 28 heavy (non-hydrogen) atoms. The Morgan fingerprint density at radius 2 is 1.79 bits per heavy atom. The van der Waals surface area contributed by atoms with Gasteiger partial charge >= 0.3 is 6.09 Å². The molecule has 2 aromatic carbocycles. The third kappa shape index (κ3) is 6.83. The van der Waals surface area contributed by atoms with Crippen molar-refractivity contribution in [2.24, 2.45) is 4.99 Å². The highest BCUT2D eigenvalue weighted by atomic mass is 16.5. The molecule has 2 rings (SSSR count). The van der Waals surface area contributed by atoms with Crippen molar-refractivity contribution in [1.82, 2.24) is 10.6 Å². The number of para-hydroxylation sites is 1. The first-order chi connectivity index (χ1) is 13.7. The van der Waals surface area contributed by atoms with E-state index in [0.29, 0.717) is 12.2 Å². The number of hydrogen-bond acceptors (Lipinski definition) is 4. The highest BCUT2D eigenvalue weighted by Gasteiger charge is 2.03. The second-order valence-corrected chi connectivity index (χ2v) is 6.00. The van der Waals surface area contributed by atoms with E-state index in [1.807, 2.05) is 49.4 Å². The lowest BCUT2D eigenvalue weighted by molar-refractivity contribution is 0.187. The van der Waals surface area contributed by atoms with Gasteiger partial charge in [-0.25, -0.2) is 9.79 Å².